The minimum atomic E-state index is -0.527. The molecule has 1 rings (SSSR count). The summed E-state index contributed by atoms with van der Waals surface area (Å²) in [5, 5.41) is 14.0. The molecule has 0 amide bonds. The van der Waals surface area contributed by atoms with Crippen LogP contribution in [0, 0.1) is 0 Å². The largest absolute Gasteiger partial charge is 0.390 e. The molecule has 2 nitrogen and oxygen atoms in total. The van der Waals surface area contributed by atoms with E-state index in [1.807, 2.05) is 25.6 Å². The van der Waals surface area contributed by atoms with Crippen molar-refractivity contribution in [1.29, 1.82) is 0 Å². The highest BCUT2D eigenvalue weighted by Crippen LogP contribution is 2.26. The molecule has 0 aromatic carbocycles. The van der Waals surface area contributed by atoms with E-state index >= 15 is 0 Å². The molecule has 0 aromatic rings. The lowest BCUT2D eigenvalue weighted by Crippen LogP contribution is -2.37. The number of aliphatic hydroxyl groups is 1. The van der Waals surface area contributed by atoms with Crippen molar-refractivity contribution in [2.24, 2.45) is 0 Å². The average molecular weight is 231 g/mol. The molecule has 1 aliphatic rings. The van der Waals surface area contributed by atoms with Gasteiger partial charge in [-0.2, -0.15) is 11.8 Å². The van der Waals surface area contributed by atoms with Crippen LogP contribution in [0.5, 0.6) is 0 Å². The van der Waals surface area contributed by atoms with Crippen LogP contribution in [0.15, 0.2) is 0 Å². The second kappa shape index (κ2) is 6.12. The summed E-state index contributed by atoms with van der Waals surface area (Å²) in [5.41, 5.74) is -0.527. The van der Waals surface area contributed by atoms with Gasteiger partial charge in [-0.25, -0.2) is 0 Å². The standard InChI is InChI=1S/C12H25NOS/c1-12(2,14)7-8-13-10-5-4-6-11(9-10)15-3/h10-11,13-14H,4-9H2,1-3H3. The van der Waals surface area contributed by atoms with E-state index < -0.39 is 5.60 Å². The van der Waals surface area contributed by atoms with Crippen LogP contribution in [0.1, 0.15) is 46.0 Å². The minimum Gasteiger partial charge on any atom is -0.390 e. The van der Waals surface area contributed by atoms with E-state index in [9.17, 15) is 5.11 Å². The number of thioether (sulfide) groups is 1. The molecule has 1 fully saturated rings. The van der Waals surface area contributed by atoms with Crippen LogP contribution in [0.3, 0.4) is 0 Å². The summed E-state index contributed by atoms with van der Waals surface area (Å²) in [6, 6.07) is 0.679. The number of hydrogen-bond acceptors (Lipinski definition) is 3. The molecular weight excluding hydrogens is 206 g/mol. The summed E-state index contributed by atoms with van der Waals surface area (Å²) in [6.07, 6.45) is 8.39. The van der Waals surface area contributed by atoms with Gasteiger partial charge in [-0.3, -0.25) is 0 Å². The first kappa shape index (κ1) is 13.3. The Kier molecular flexibility index (Phi) is 5.44. The molecule has 0 spiro atoms. The van der Waals surface area contributed by atoms with Crippen molar-refractivity contribution in [3.8, 4) is 0 Å². The lowest BCUT2D eigenvalue weighted by molar-refractivity contribution is 0.0699. The molecule has 0 saturated heterocycles. The van der Waals surface area contributed by atoms with Gasteiger partial charge in [0.2, 0.25) is 0 Å². The molecule has 0 heterocycles. The molecule has 1 saturated carbocycles. The van der Waals surface area contributed by atoms with Gasteiger partial charge in [0.1, 0.15) is 0 Å². The Hall–Kier alpha value is 0.270. The van der Waals surface area contributed by atoms with Gasteiger partial charge in [0.15, 0.2) is 0 Å². The van der Waals surface area contributed by atoms with E-state index in [0.29, 0.717) is 6.04 Å². The van der Waals surface area contributed by atoms with Gasteiger partial charge in [0.05, 0.1) is 5.60 Å². The SMILES string of the molecule is CSC1CCCC(NCCC(C)(C)O)C1. The zero-order valence-corrected chi connectivity index (χ0v) is 11.1. The van der Waals surface area contributed by atoms with Crippen LogP contribution < -0.4 is 5.32 Å². The molecule has 2 atom stereocenters. The Bertz CT molecular complexity index is 179. The molecule has 0 aliphatic heterocycles. The minimum absolute atomic E-state index is 0.527. The summed E-state index contributed by atoms with van der Waals surface area (Å²) in [7, 11) is 0. The lowest BCUT2D eigenvalue weighted by Gasteiger charge is -2.29. The average Bonchev–Trinajstić information content (AvgIpc) is 2.16. The maximum Gasteiger partial charge on any atom is 0.0603 e. The second-order valence-corrected chi connectivity index (χ2v) is 6.38. The van der Waals surface area contributed by atoms with Gasteiger partial charge in [-0.1, -0.05) is 6.42 Å². The van der Waals surface area contributed by atoms with Crippen LogP contribution in [0.2, 0.25) is 0 Å². The topological polar surface area (TPSA) is 32.3 Å². The molecule has 1 aliphatic carbocycles. The maximum atomic E-state index is 9.60. The Balaban J connectivity index is 2.15. The fourth-order valence-electron chi connectivity index (χ4n) is 2.13. The monoisotopic (exact) mass is 231 g/mol. The van der Waals surface area contributed by atoms with Crippen molar-refractivity contribution < 1.29 is 5.11 Å². The molecule has 3 heteroatoms. The van der Waals surface area contributed by atoms with Crippen molar-refractivity contribution in [3.05, 3.63) is 0 Å². The van der Waals surface area contributed by atoms with E-state index in [0.717, 1.165) is 18.2 Å². The molecule has 0 bridgehead atoms. The fourth-order valence-corrected chi connectivity index (χ4v) is 2.95. The van der Waals surface area contributed by atoms with Crippen molar-refractivity contribution in [2.75, 3.05) is 12.8 Å². The second-order valence-electron chi connectivity index (χ2n) is 5.24. The van der Waals surface area contributed by atoms with Crippen LogP contribution >= 0.6 is 11.8 Å². The lowest BCUT2D eigenvalue weighted by atomic mass is 9.94. The summed E-state index contributed by atoms with van der Waals surface area (Å²) in [4.78, 5) is 0. The highest BCUT2D eigenvalue weighted by Gasteiger charge is 2.21. The zero-order chi connectivity index (χ0) is 11.3. The van der Waals surface area contributed by atoms with Gasteiger partial charge in [-0.05, 0) is 52.3 Å². The Morgan fingerprint density at radius 1 is 1.40 bits per heavy atom. The summed E-state index contributed by atoms with van der Waals surface area (Å²) >= 11 is 2.00. The van der Waals surface area contributed by atoms with Crippen LogP contribution in [0.4, 0.5) is 0 Å². The van der Waals surface area contributed by atoms with E-state index in [2.05, 4.69) is 11.6 Å². The normalized spacial score (nSPS) is 28.0. The molecule has 90 valence electrons. The molecule has 0 radical (unpaired) electrons. The van der Waals surface area contributed by atoms with Gasteiger partial charge < -0.3 is 10.4 Å². The third kappa shape index (κ3) is 5.79. The Morgan fingerprint density at radius 2 is 2.13 bits per heavy atom. The van der Waals surface area contributed by atoms with Gasteiger partial charge in [0, 0.05) is 11.3 Å². The molecule has 0 aromatic heterocycles. The summed E-state index contributed by atoms with van der Waals surface area (Å²) < 4.78 is 0. The quantitative estimate of drug-likeness (QED) is 0.762. The molecular formula is C12H25NOS. The van der Waals surface area contributed by atoms with Gasteiger partial charge in [-0.15, -0.1) is 0 Å². The maximum absolute atomic E-state index is 9.60. The third-order valence-electron chi connectivity index (χ3n) is 3.13. The number of hydrogen-bond donors (Lipinski definition) is 2. The first-order chi connectivity index (χ1) is 7.01. The van der Waals surface area contributed by atoms with E-state index in [1.54, 1.807) is 0 Å². The fraction of sp³-hybridized carbons (Fsp3) is 1.00. The predicted molar refractivity (Wildman–Crippen MR) is 68.5 cm³/mol. The van der Waals surface area contributed by atoms with E-state index in [4.69, 9.17) is 0 Å². The smallest absolute Gasteiger partial charge is 0.0603 e. The first-order valence-corrected chi connectivity index (χ1v) is 7.28. The highest BCUT2D eigenvalue weighted by molar-refractivity contribution is 7.99. The summed E-state index contributed by atoms with van der Waals surface area (Å²) in [5.74, 6) is 0. The van der Waals surface area contributed by atoms with Crippen LogP contribution in [-0.2, 0) is 0 Å². The van der Waals surface area contributed by atoms with Crippen molar-refractivity contribution >= 4 is 11.8 Å². The van der Waals surface area contributed by atoms with Crippen molar-refractivity contribution in [2.45, 2.75) is 62.8 Å². The van der Waals surface area contributed by atoms with E-state index in [1.165, 1.54) is 25.7 Å². The summed E-state index contributed by atoms with van der Waals surface area (Å²) in [6.45, 7) is 4.69. The van der Waals surface area contributed by atoms with Crippen molar-refractivity contribution in [3.63, 3.8) is 0 Å². The first-order valence-electron chi connectivity index (χ1n) is 6.00. The highest BCUT2D eigenvalue weighted by atomic mass is 32.2. The van der Waals surface area contributed by atoms with E-state index in [-0.39, 0.29) is 0 Å². The molecule has 15 heavy (non-hydrogen) atoms. The van der Waals surface area contributed by atoms with Gasteiger partial charge in [0.25, 0.3) is 0 Å². The Labute approximate surface area is 98.2 Å². The zero-order valence-electron chi connectivity index (χ0n) is 10.3. The third-order valence-corrected chi connectivity index (χ3v) is 4.22. The van der Waals surface area contributed by atoms with Crippen LogP contribution in [0.25, 0.3) is 0 Å². The van der Waals surface area contributed by atoms with Crippen molar-refractivity contribution in [1.82, 2.24) is 5.32 Å². The van der Waals surface area contributed by atoms with Gasteiger partial charge >= 0.3 is 0 Å². The Morgan fingerprint density at radius 3 is 2.73 bits per heavy atom. The van der Waals surface area contributed by atoms with Crippen LogP contribution in [-0.4, -0.2) is 34.8 Å². The number of rotatable bonds is 5. The molecule has 2 unspecified atom stereocenters. The number of nitrogens with one attached hydrogen (secondary N) is 1. The molecule has 2 N–H and O–H groups in total. The predicted octanol–water partition coefficient (Wildman–Crippen LogP) is 2.41.